The minimum Gasteiger partial charge on any atom is -0.368 e. The standard InChI is InChI=1S/C23H23F5N2O/c1-14-3-6-16(7-4-14)19-20(22(19,24)25)21(31)30-11-9-29(10-12-30)18-13-17(23(26,27)28)8-5-15(18)2/h3-8,13,19-20H,9-12H2,1-2H3/t19?,20-/m0/s1. The van der Waals surface area contributed by atoms with Gasteiger partial charge in [-0.25, -0.2) is 8.78 Å². The Morgan fingerprint density at radius 2 is 1.58 bits per heavy atom. The zero-order chi connectivity index (χ0) is 22.6. The van der Waals surface area contributed by atoms with E-state index < -0.39 is 35.4 Å². The molecular weight excluding hydrogens is 415 g/mol. The molecule has 1 amide bonds. The van der Waals surface area contributed by atoms with Crippen molar-refractivity contribution in [1.82, 2.24) is 4.90 Å². The van der Waals surface area contributed by atoms with Gasteiger partial charge in [0.25, 0.3) is 5.92 Å². The number of alkyl halides is 5. The quantitative estimate of drug-likeness (QED) is 0.629. The van der Waals surface area contributed by atoms with Crippen LogP contribution in [0.25, 0.3) is 0 Å². The number of rotatable bonds is 3. The summed E-state index contributed by atoms with van der Waals surface area (Å²) < 4.78 is 68.1. The second-order valence-corrected chi connectivity index (χ2v) is 8.35. The van der Waals surface area contributed by atoms with Gasteiger partial charge in [0.15, 0.2) is 0 Å². The number of carbonyl (C=O) groups excluding carboxylic acids is 1. The lowest BCUT2D eigenvalue weighted by Crippen LogP contribution is -2.50. The van der Waals surface area contributed by atoms with Crippen molar-refractivity contribution in [2.45, 2.75) is 31.9 Å². The van der Waals surface area contributed by atoms with Crippen molar-refractivity contribution in [3.63, 3.8) is 0 Å². The number of carbonyl (C=O) groups is 1. The normalized spacial score (nSPS) is 23.1. The minimum absolute atomic E-state index is 0.196. The van der Waals surface area contributed by atoms with Crippen LogP contribution >= 0.6 is 0 Å². The molecule has 0 radical (unpaired) electrons. The highest BCUT2D eigenvalue weighted by Crippen LogP contribution is 2.62. The number of anilines is 1. The van der Waals surface area contributed by atoms with Crippen molar-refractivity contribution in [2.75, 3.05) is 31.1 Å². The van der Waals surface area contributed by atoms with Crippen LogP contribution < -0.4 is 4.90 Å². The maximum Gasteiger partial charge on any atom is 0.416 e. The number of aryl methyl sites for hydroxylation is 2. The summed E-state index contributed by atoms with van der Waals surface area (Å²) in [5.74, 6) is -6.17. The Morgan fingerprint density at radius 3 is 2.16 bits per heavy atom. The van der Waals surface area contributed by atoms with Crippen LogP contribution in [-0.4, -0.2) is 42.9 Å². The third kappa shape index (κ3) is 4.00. The van der Waals surface area contributed by atoms with E-state index in [1.807, 2.05) is 6.92 Å². The summed E-state index contributed by atoms with van der Waals surface area (Å²) in [4.78, 5) is 16.0. The summed E-state index contributed by atoms with van der Waals surface area (Å²) in [6.07, 6.45) is -4.44. The third-order valence-corrected chi connectivity index (χ3v) is 6.22. The largest absolute Gasteiger partial charge is 0.416 e. The van der Waals surface area contributed by atoms with Crippen molar-refractivity contribution >= 4 is 11.6 Å². The van der Waals surface area contributed by atoms with Gasteiger partial charge in [-0.3, -0.25) is 4.79 Å². The molecule has 1 saturated heterocycles. The molecule has 0 aromatic heterocycles. The lowest BCUT2D eigenvalue weighted by Gasteiger charge is -2.37. The predicted octanol–water partition coefficient (Wildman–Crippen LogP) is 5.02. The molecule has 1 heterocycles. The summed E-state index contributed by atoms with van der Waals surface area (Å²) in [6.45, 7) is 4.57. The smallest absolute Gasteiger partial charge is 0.368 e. The first-order valence-corrected chi connectivity index (χ1v) is 10.2. The molecule has 1 aliphatic carbocycles. The lowest BCUT2D eigenvalue weighted by atomic mass is 10.1. The van der Waals surface area contributed by atoms with Gasteiger partial charge in [0.2, 0.25) is 5.91 Å². The summed E-state index contributed by atoms with van der Waals surface area (Å²) in [6, 6.07) is 10.3. The molecule has 31 heavy (non-hydrogen) atoms. The fourth-order valence-electron chi connectivity index (χ4n) is 4.31. The van der Waals surface area contributed by atoms with E-state index in [9.17, 15) is 26.7 Å². The topological polar surface area (TPSA) is 23.6 Å². The first-order valence-electron chi connectivity index (χ1n) is 10.2. The summed E-state index contributed by atoms with van der Waals surface area (Å²) in [7, 11) is 0. The van der Waals surface area contributed by atoms with E-state index in [2.05, 4.69) is 0 Å². The van der Waals surface area contributed by atoms with Crippen molar-refractivity contribution < 1.29 is 26.7 Å². The highest BCUT2D eigenvalue weighted by atomic mass is 19.4. The van der Waals surface area contributed by atoms with Crippen molar-refractivity contribution in [3.8, 4) is 0 Å². The van der Waals surface area contributed by atoms with Crippen LogP contribution in [0.3, 0.4) is 0 Å². The van der Waals surface area contributed by atoms with E-state index in [0.717, 1.165) is 17.7 Å². The summed E-state index contributed by atoms with van der Waals surface area (Å²) in [5.41, 5.74) is 1.83. The number of piperazine rings is 1. The van der Waals surface area contributed by atoms with Gasteiger partial charge in [-0.15, -0.1) is 0 Å². The molecule has 0 N–H and O–H groups in total. The van der Waals surface area contributed by atoms with Crippen LogP contribution in [0.5, 0.6) is 0 Å². The van der Waals surface area contributed by atoms with Gasteiger partial charge in [-0.05, 0) is 37.1 Å². The van der Waals surface area contributed by atoms with Gasteiger partial charge in [-0.2, -0.15) is 13.2 Å². The predicted molar refractivity (Wildman–Crippen MR) is 107 cm³/mol. The Bertz CT molecular complexity index is 978. The molecular formula is C23H23F5N2O. The summed E-state index contributed by atoms with van der Waals surface area (Å²) in [5, 5.41) is 0. The highest BCUT2D eigenvalue weighted by molar-refractivity contribution is 5.85. The number of hydrogen-bond acceptors (Lipinski definition) is 2. The SMILES string of the molecule is Cc1ccc(C2[C@@H](C(=O)N3CCN(c4cc(C(F)(F)F)ccc4C)CC3)C2(F)F)cc1. The minimum atomic E-state index is -4.44. The fourth-order valence-corrected chi connectivity index (χ4v) is 4.31. The number of hydrogen-bond donors (Lipinski definition) is 0. The van der Waals surface area contributed by atoms with Crippen molar-refractivity contribution in [3.05, 3.63) is 64.7 Å². The van der Waals surface area contributed by atoms with E-state index in [1.165, 1.54) is 11.0 Å². The molecule has 3 nitrogen and oxygen atoms in total. The number of amides is 1. The van der Waals surface area contributed by atoms with E-state index in [-0.39, 0.29) is 13.1 Å². The zero-order valence-corrected chi connectivity index (χ0v) is 17.2. The van der Waals surface area contributed by atoms with Gasteiger partial charge < -0.3 is 9.80 Å². The van der Waals surface area contributed by atoms with Gasteiger partial charge in [0.05, 0.1) is 11.5 Å². The Morgan fingerprint density at radius 1 is 0.968 bits per heavy atom. The fraction of sp³-hybridized carbons (Fsp3) is 0.435. The van der Waals surface area contributed by atoms with Crippen molar-refractivity contribution in [1.29, 1.82) is 0 Å². The van der Waals surface area contributed by atoms with Gasteiger partial charge in [0, 0.05) is 31.9 Å². The highest BCUT2D eigenvalue weighted by Gasteiger charge is 2.72. The molecule has 1 aliphatic heterocycles. The molecule has 1 saturated carbocycles. The Hall–Kier alpha value is -2.64. The first-order chi connectivity index (χ1) is 14.5. The molecule has 2 aromatic carbocycles. The van der Waals surface area contributed by atoms with Crippen LogP contribution in [0.15, 0.2) is 42.5 Å². The molecule has 166 valence electrons. The van der Waals surface area contributed by atoms with Crippen molar-refractivity contribution in [2.24, 2.45) is 5.92 Å². The first kappa shape index (κ1) is 21.6. The van der Waals surface area contributed by atoms with Crippen LogP contribution in [0, 0.1) is 19.8 Å². The molecule has 8 heteroatoms. The van der Waals surface area contributed by atoms with Crippen LogP contribution in [0.1, 0.15) is 28.2 Å². The Labute approximate surface area is 177 Å². The van der Waals surface area contributed by atoms with Gasteiger partial charge in [-0.1, -0.05) is 35.9 Å². The molecule has 0 bridgehead atoms. The molecule has 2 fully saturated rings. The molecule has 2 aliphatic rings. The number of halogens is 5. The van der Waals surface area contributed by atoms with E-state index in [4.69, 9.17) is 0 Å². The number of nitrogens with zero attached hydrogens (tertiary/aromatic N) is 2. The maximum atomic E-state index is 14.4. The van der Waals surface area contributed by atoms with E-state index in [1.54, 1.807) is 36.1 Å². The molecule has 2 atom stereocenters. The molecule has 1 unspecified atom stereocenters. The molecule has 4 rings (SSSR count). The van der Waals surface area contributed by atoms with Crippen LogP contribution in [-0.2, 0) is 11.0 Å². The van der Waals surface area contributed by atoms with Gasteiger partial charge in [0.1, 0.15) is 5.92 Å². The zero-order valence-electron chi connectivity index (χ0n) is 17.2. The monoisotopic (exact) mass is 438 g/mol. The average molecular weight is 438 g/mol. The third-order valence-electron chi connectivity index (χ3n) is 6.22. The second kappa shape index (κ2) is 7.50. The molecule has 2 aromatic rings. The van der Waals surface area contributed by atoms with E-state index >= 15 is 0 Å². The van der Waals surface area contributed by atoms with Crippen LogP contribution in [0.2, 0.25) is 0 Å². The van der Waals surface area contributed by atoms with Gasteiger partial charge >= 0.3 is 6.18 Å². The summed E-state index contributed by atoms with van der Waals surface area (Å²) >= 11 is 0. The average Bonchev–Trinajstić information content (AvgIpc) is 3.29. The Balaban J connectivity index is 1.44. The lowest BCUT2D eigenvalue weighted by molar-refractivity contribution is -0.137. The maximum absolute atomic E-state index is 14.4. The van der Waals surface area contributed by atoms with E-state index in [0.29, 0.717) is 29.9 Å². The number of benzene rings is 2. The Kier molecular flexibility index (Phi) is 5.22. The van der Waals surface area contributed by atoms with Crippen LogP contribution in [0.4, 0.5) is 27.6 Å². The second-order valence-electron chi connectivity index (χ2n) is 8.35. The molecule has 0 spiro atoms.